The van der Waals surface area contributed by atoms with Gasteiger partial charge in [-0.05, 0) is 17.7 Å². The first-order valence-corrected chi connectivity index (χ1v) is 8.75. The van der Waals surface area contributed by atoms with Crippen LogP contribution in [0, 0.1) is 0 Å². The standard InChI is InChI=1S/C17H16N2O3S/c20-23(21,22-17-9-5-2-6-10-17)12-11-19-14-16(13-18-19)15-7-3-1-4-8-15/h1-10,13-14H,11-12H2. The molecule has 0 fully saturated rings. The summed E-state index contributed by atoms with van der Waals surface area (Å²) in [5, 5.41) is 4.20. The smallest absolute Gasteiger partial charge is 0.311 e. The Hall–Kier alpha value is -2.60. The van der Waals surface area contributed by atoms with Crippen LogP contribution in [0.1, 0.15) is 0 Å². The molecular formula is C17H16N2O3S. The number of aromatic nitrogens is 2. The molecule has 0 saturated heterocycles. The van der Waals surface area contributed by atoms with Crippen LogP contribution in [0.25, 0.3) is 11.1 Å². The van der Waals surface area contributed by atoms with Crippen molar-refractivity contribution < 1.29 is 12.6 Å². The van der Waals surface area contributed by atoms with Crippen molar-refractivity contribution in [2.45, 2.75) is 6.54 Å². The van der Waals surface area contributed by atoms with Crippen molar-refractivity contribution in [3.8, 4) is 16.9 Å². The maximum atomic E-state index is 12.0. The molecule has 23 heavy (non-hydrogen) atoms. The largest absolute Gasteiger partial charge is 0.382 e. The molecule has 0 N–H and O–H groups in total. The molecule has 3 aromatic rings. The summed E-state index contributed by atoms with van der Waals surface area (Å²) in [4.78, 5) is 0. The lowest BCUT2D eigenvalue weighted by molar-refractivity contribution is 0.479. The molecule has 0 aliphatic heterocycles. The van der Waals surface area contributed by atoms with E-state index in [1.165, 1.54) is 0 Å². The normalized spacial score (nSPS) is 11.3. The quantitative estimate of drug-likeness (QED) is 0.653. The molecule has 0 unspecified atom stereocenters. The summed E-state index contributed by atoms with van der Waals surface area (Å²) in [6.45, 7) is 0.238. The number of para-hydroxylation sites is 1. The van der Waals surface area contributed by atoms with E-state index >= 15 is 0 Å². The molecule has 0 radical (unpaired) electrons. The average Bonchev–Trinajstić information content (AvgIpc) is 3.04. The molecule has 0 bridgehead atoms. The highest BCUT2D eigenvalue weighted by atomic mass is 32.2. The minimum absolute atomic E-state index is 0.141. The summed E-state index contributed by atoms with van der Waals surface area (Å²) >= 11 is 0. The highest BCUT2D eigenvalue weighted by Crippen LogP contribution is 2.17. The third kappa shape index (κ3) is 4.20. The zero-order chi connectivity index (χ0) is 16.1. The molecule has 0 aliphatic carbocycles. The molecule has 3 rings (SSSR count). The average molecular weight is 328 g/mol. The lowest BCUT2D eigenvalue weighted by atomic mass is 10.1. The Balaban J connectivity index is 1.63. The van der Waals surface area contributed by atoms with Crippen molar-refractivity contribution in [2.75, 3.05) is 5.75 Å². The Bertz CT molecular complexity index is 859. The first-order chi connectivity index (χ1) is 11.1. The van der Waals surface area contributed by atoms with Gasteiger partial charge < -0.3 is 4.18 Å². The lowest BCUT2D eigenvalue weighted by Gasteiger charge is -2.06. The first-order valence-electron chi connectivity index (χ1n) is 7.17. The van der Waals surface area contributed by atoms with Gasteiger partial charge in [-0.25, -0.2) is 0 Å². The van der Waals surface area contributed by atoms with Gasteiger partial charge in [-0.2, -0.15) is 13.5 Å². The summed E-state index contributed by atoms with van der Waals surface area (Å²) in [6, 6.07) is 18.3. The topological polar surface area (TPSA) is 61.2 Å². The second-order valence-corrected chi connectivity index (χ2v) is 6.71. The van der Waals surface area contributed by atoms with E-state index in [1.807, 2.05) is 36.5 Å². The Morgan fingerprint density at radius 1 is 0.913 bits per heavy atom. The van der Waals surface area contributed by atoms with Gasteiger partial charge in [-0.1, -0.05) is 48.5 Å². The maximum absolute atomic E-state index is 12.0. The first kappa shape index (κ1) is 15.3. The number of hydrogen-bond acceptors (Lipinski definition) is 4. The molecule has 1 heterocycles. The van der Waals surface area contributed by atoms with Gasteiger partial charge in [-0.3, -0.25) is 4.68 Å². The van der Waals surface area contributed by atoms with Gasteiger partial charge in [0.05, 0.1) is 12.7 Å². The van der Waals surface area contributed by atoms with Crippen LogP contribution in [0.3, 0.4) is 0 Å². The Morgan fingerprint density at radius 2 is 1.57 bits per heavy atom. The van der Waals surface area contributed by atoms with E-state index in [1.54, 1.807) is 41.2 Å². The molecule has 1 aromatic heterocycles. The van der Waals surface area contributed by atoms with Crippen molar-refractivity contribution in [3.63, 3.8) is 0 Å². The number of benzene rings is 2. The molecule has 0 amide bonds. The van der Waals surface area contributed by atoms with Crippen LogP contribution < -0.4 is 4.18 Å². The van der Waals surface area contributed by atoms with E-state index < -0.39 is 10.1 Å². The Kier molecular flexibility index (Phi) is 4.43. The molecule has 5 nitrogen and oxygen atoms in total. The number of nitrogens with zero attached hydrogens (tertiary/aromatic N) is 2. The van der Waals surface area contributed by atoms with Crippen LogP contribution in [0.4, 0.5) is 0 Å². The van der Waals surface area contributed by atoms with E-state index in [0.717, 1.165) is 11.1 Å². The minimum Gasteiger partial charge on any atom is -0.382 e. The summed E-state index contributed by atoms with van der Waals surface area (Å²) in [5.41, 5.74) is 1.99. The Labute approximate surface area is 135 Å². The van der Waals surface area contributed by atoms with Crippen LogP contribution in [0.5, 0.6) is 5.75 Å². The lowest BCUT2D eigenvalue weighted by Crippen LogP contribution is -2.18. The van der Waals surface area contributed by atoms with Crippen molar-refractivity contribution in [1.29, 1.82) is 0 Å². The molecule has 6 heteroatoms. The molecule has 2 aromatic carbocycles. The zero-order valence-corrected chi connectivity index (χ0v) is 13.2. The fraction of sp³-hybridized carbons (Fsp3) is 0.118. The van der Waals surface area contributed by atoms with E-state index in [0.29, 0.717) is 5.75 Å². The van der Waals surface area contributed by atoms with E-state index in [4.69, 9.17) is 4.18 Å². The summed E-state index contributed by atoms with van der Waals surface area (Å²) in [7, 11) is -3.65. The van der Waals surface area contributed by atoms with Crippen molar-refractivity contribution in [2.24, 2.45) is 0 Å². The molecule has 0 saturated carbocycles. The van der Waals surface area contributed by atoms with Crippen molar-refractivity contribution in [1.82, 2.24) is 9.78 Å². The summed E-state index contributed by atoms with van der Waals surface area (Å²) in [6.07, 6.45) is 3.55. The van der Waals surface area contributed by atoms with Crippen LogP contribution >= 0.6 is 0 Å². The highest BCUT2D eigenvalue weighted by Gasteiger charge is 2.13. The third-order valence-electron chi connectivity index (χ3n) is 3.28. The highest BCUT2D eigenvalue weighted by molar-refractivity contribution is 7.87. The number of hydrogen-bond donors (Lipinski definition) is 0. The van der Waals surface area contributed by atoms with Crippen LogP contribution in [0.2, 0.25) is 0 Å². The van der Waals surface area contributed by atoms with E-state index in [2.05, 4.69) is 5.10 Å². The number of aryl methyl sites for hydroxylation is 1. The van der Waals surface area contributed by atoms with Gasteiger partial charge >= 0.3 is 10.1 Å². The zero-order valence-electron chi connectivity index (χ0n) is 12.4. The summed E-state index contributed by atoms with van der Waals surface area (Å²) < 4.78 is 30.6. The predicted octanol–water partition coefficient (Wildman–Crippen LogP) is 2.96. The number of rotatable bonds is 6. The molecular weight excluding hydrogens is 312 g/mol. The molecule has 0 aliphatic rings. The molecule has 118 valence electrons. The fourth-order valence-electron chi connectivity index (χ4n) is 2.14. The van der Waals surface area contributed by atoms with Gasteiger partial charge in [0.25, 0.3) is 0 Å². The second kappa shape index (κ2) is 6.66. The molecule has 0 spiro atoms. The fourth-order valence-corrected chi connectivity index (χ4v) is 3.03. The maximum Gasteiger partial charge on any atom is 0.311 e. The van der Waals surface area contributed by atoms with Gasteiger partial charge in [0.15, 0.2) is 0 Å². The van der Waals surface area contributed by atoms with Crippen LogP contribution in [0.15, 0.2) is 73.1 Å². The SMILES string of the molecule is O=S(=O)(CCn1cc(-c2ccccc2)cn1)Oc1ccccc1. The second-order valence-electron chi connectivity index (χ2n) is 5.02. The van der Waals surface area contributed by atoms with Crippen LogP contribution in [-0.2, 0) is 16.7 Å². The predicted molar refractivity (Wildman–Crippen MR) is 88.5 cm³/mol. The van der Waals surface area contributed by atoms with E-state index in [-0.39, 0.29) is 12.3 Å². The van der Waals surface area contributed by atoms with Gasteiger partial charge in [0.1, 0.15) is 11.5 Å². The van der Waals surface area contributed by atoms with Crippen LogP contribution in [-0.4, -0.2) is 24.0 Å². The third-order valence-corrected chi connectivity index (χ3v) is 4.41. The van der Waals surface area contributed by atoms with Crippen molar-refractivity contribution in [3.05, 3.63) is 73.1 Å². The van der Waals surface area contributed by atoms with Gasteiger partial charge in [-0.15, -0.1) is 0 Å². The minimum atomic E-state index is -3.65. The summed E-state index contributed by atoms with van der Waals surface area (Å²) in [5.74, 6) is 0.176. The monoisotopic (exact) mass is 328 g/mol. The van der Waals surface area contributed by atoms with Gasteiger partial charge in [0, 0.05) is 11.8 Å². The van der Waals surface area contributed by atoms with E-state index in [9.17, 15) is 8.42 Å². The molecule has 0 atom stereocenters. The van der Waals surface area contributed by atoms with Gasteiger partial charge in [0.2, 0.25) is 0 Å². The Morgan fingerprint density at radius 3 is 2.26 bits per heavy atom. The van der Waals surface area contributed by atoms with Crippen molar-refractivity contribution >= 4 is 10.1 Å².